The highest BCUT2D eigenvalue weighted by Gasteiger charge is 2.26. The molecule has 1 saturated heterocycles. The van der Waals surface area contributed by atoms with Crippen LogP contribution in [-0.2, 0) is 13.5 Å². The van der Waals surface area contributed by atoms with Crippen molar-refractivity contribution in [3.05, 3.63) is 17.0 Å². The smallest absolute Gasteiger partial charge is 0.317 e. The van der Waals surface area contributed by atoms with Gasteiger partial charge in [-0.05, 0) is 45.6 Å². The standard InChI is InChI=1S/C16H28N4O2/c1-11-15(12(2)19(4)18-11)7-8-17-16(22)20-9-5-6-14(10-20)13(3)21/h13-14,21H,5-10H2,1-4H3,(H,17,22). The molecule has 22 heavy (non-hydrogen) atoms. The number of rotatable bonds is 4. The Balaban J connectivity index is 1.82. The van der Waals surface area contributed by atoms with Crippen molar-refractivity contribution in [2.24, 2.45) is 13.0 Å². The van der Waals surface area contributed by atoms with Crippen LogP contribution in [0.5, 0.6) is 0 Å². The Morgan fingerprint density at radius 3 is 2.82 bits per heavy atom. The molecule has 0 aromatic carbocycles. The predicted molar refractivity (Wildman–Crippen MR) is 85.8 cm³/mol. The highest BCUT2D eigenvalue weighted by molar-refractivity contribution is 5.74. The zero-order valence-corrected chi connectivity index (χ0v) is 14.1. The molecule has 124 valence electrons. The highest BCUT2D eigenvalue weighted by Crippen LogP contribution is 2.19. The summed E-state index contributed by atoms with van der Waals surface area (Å²) in [5, 5.41) is 17.1. The first-order valence-electron chi connectivity index (χ1n) is 8.10. The summed E-state index contributed by atoms with van der Waals surface area (Å²) in [6.45, 7) is 7.90. The number of aromatic nitrogens is 2. The Kier molecular flexibility index (Phi) is 5.45. The third kappa shape index (κ3) is 3.80. The molecule has 1 fully saturated rings. The number of hydrogen-bond acceptors (Lipinski definition) is 3. The molecule has 2 heterocycles. The van der Waals surface area contributed by atoms with Crippen LogP contribution in [0.2, 0.25) is 0 Å². The maximum atomic E-state index is 12.2. The van der Waals surface area contributed by atoms with E-state index in [9.17, 15) is 9.90 Å². The minimum absolute atomic E-state index is 0.0236. The Morgan fingerprint density at radius 1 is 1.50 bits per heavy atom. The van der Waals surface area contributed by atoms with E-state index in [4.69, 9.17) is 0 Å². The van der Waals surface area contributed by atoms with Crippen molar-refractivity contribution in [3.63, 3.8) is 0 Å². The van der Waals surface area contributed by atoms with Gasteiger partial charge in [0, 0.05) is 38.3 Å². The van der Waals surface area contributed by atoms with Crippen LogP contribution in [0, 0.1) is 19.8 Å². The number of aliphatic hydroxyl groups excluding tert-OH is 1. The van der Waals surface area contributed by atoms with E-state index in [0.29, 0.717) is 13.1 Å². The average Bonchev–Trinajstić information content (AvgIpc) is 2.73. The van der Waals surface area contributed by atoms with Gasteiger partial charge in [0.05, 0.1) is 11.8 Å². The molecule has 1 aromatic heterocycles. The molecule has 2 unspecified atom stereocenters. The number of nitrogens with one attached hydrogen (secondary N) is 1. The highest BCUT2D eigenvalue weighted by atomic mass is 16.3. The number of aryl methyl sites for hydroxylation is 2. The van der Waals surface area contributed by atoms with E-state index in [-0.39, 0.29) is 18.1 Å². The SMILES string of the molecule is Cc1nn(C)c(C)c1CCNC(=O)N1CCCC(C(C)O)C1. The summed E-state index contributed by atoms with van der Waals surface area (Å²) in [6, 6.07) is -0.0236. The van der Waals surface area contributed by atoms with Gasteiger partial charge >= 0.3 is 6.03 Å². The second-order valence-electron chi connectivity index (χ2n) is 6.34. The first-order chi connectivity index (χ1) is 10.4. The number of hydrogen-bond donors (Lipinski definition) is 2. The van der Waals surface area contributed by atoms with Gasteiger partial charge in [0.15, 0.2) is 0 Å². The van der Waals surface area contributed by atoms with Gasteiger partial charge in [-0.15, -0.1) is 0 Å². The van der Waals surface area contributed by atoms with Gasteiger partial charge in [0.25, 0.3) is 0 Å². The van der Waals surface area contributed by atoms with Crippen LogP contribution in [0.3, 0.4) is 0 Å². The number of aliphatic hydroxyl groups is 1. The molecular weight excluding hydrogens is 280 g/mol. The van der Waals surface area contributed by atoms with Gasteiger partial charge in [0.2, 0.25) is 0 Å². The molecule has 2 amide bonds. The van der Waals surface area contributed by atoms with Gasteiger partial charge in [-0.1, -0.05) is 0 Å². The van der Waals surface area contributed by atoms with Gasteiger partial charge < -0.3 is 15.3 Å². The molecule has 0 bridgehead atoms. The molecule has 2 atom stereocenters. The molecule has 0 spiro atoms. The summed E-state index contributed by atoms with van der Waals surface area (Å²) >= 11 is 0. The Hall–Kier alpha value is -1.56. The molecule has 2 rings (SSSR count). The van der Waals surface area contributed by atoms with E-state index in [1.54, 1.807) is 6.92 Å². The van der Waals surface area contributed by atoms with E-state index in [2.05, 4.69) is 17.3 Å². The molecule has 1 aliphatic heterocycles. The minimum atomic E-state index is -0.351. The molecule has 1 aliphatic rings. The predicted octanol–water partition coefficient (Wildman–Crippen LogP) is 1.38. The van der Waals surface area contributed by atoms with Crippen LogP contribution in [-0.4, -0.2) is 51.6 Å². The molecule has 0 saturated carbocycles. The molecule has 2 N–H and O–H groups in total. The quantitative estimate of drug-likeness (QED) is 0.883. The molecule has 6 nitrogen and oxygen atoms in total. The van der Waals surface area contributed by atoms with Crippen molar-refractivity contribution in [2.45, 2.75) is 46.1 Å². The van der Waals surface area contributed by atoms with Crippen LogP contribution < -0.4 is 5.32 Å². The zero-order valence-electron chi connectivity index (χ0n) is 14.1. The van der Waals surface area contributed by atoms with Crippen molar-refractivity contribution >= 4 is 6.03 Å². The van der Waals surface area contributed by atoms with Gasteiger partial charge in [-0.2, -0.15) is 5.10 Å². The maximum absolute atomic E-state index is 12.2. The lowest BCUT2D eigenvalue weighted by molar-refractivity contribution is 0.0740. The van der Waals surface area contributed by atoms with E-state index in [0.717, 1.165) is 37.2 Å². The Bertz CT molecular complexity index is 524. The fourth-order valence-electron chi connectivity index (χ4n) is 3.17. The average molecular weight is 308 g/mol. The van der Waals surface area contributed by atoms with Crippen molar-refractivity contribution in [2.75, 3.05) is 19.6 Å². The summed E-state index contributed by atoms with van der Waals surface area (Å²) in [5.41, 5.74) is 3.39. The third-order valence-corrected chi connectivity index (χ3v) is 4.74. The largest absolute Gasteiger partial charge is 0.393 e. The van der Waals surface area contributed by atoms with Gasteiger partial charge in [-0.25, -0.2) is 4.79 Å². The number of piperidine rings is 1. The number of carbonyl (C=O) groups excluding carboxylic acids is 1. The molecular formula is C16H28N4O2. The number of urea groups is 1. The van der Waals surface area contributed by atoms with E-state index >= 15 is 0 Å². The van der Waals surface area contributed by atoms with Crippen LogP contribution in [0.25, 0.3) is 0 Å². The fraction of sp³-hybridized carbons (Fsp3) is 0.750. The summed E-state index contributed by atoms with van der Waals surface area (Å²) in [7, 11) is 1.94. The molecule has 0 radical (unpaired) electrons. The van der Waals surface area contributed by atoms with Crippen LogP contribution >= 0.6 is 0 Å². The summed E-state index contributed by atoms with van der Waals surface area (Å²) in [6.07, 6.45) is 2.40. The van der Waals surface area contributed by atoms with E-state index in [1.807, 2.05) is 23.6 Å². The summed E-state index contributed by atoms with van der Waals surface area (Å²) < 4.78 is 1.88. The summed E-state index contributed by atoms with van der Waals surface area (Å²) in [4.78, 5) is 14.1. The fourth-order valence-corrected chi connectivity index (χ4v) is 3.17. The van der Waals surface area contributed by atoms with Crippen LogP contribution in [0.15, 0.2) is 0 Å². The van der Waals surface area contributed by atoms with Crippen molar-refractivity contribution in [3.8, 4) is 0 Å². The number of likely N-dealkylation sites (tertiary alicyclic amines) is 1. The maximum Gasteiger partial charge on any atom is 0.317 e. The lowest BCUT2D eigenvalue weighted by Gasteiger charge is -2.34. The molecule has 6 heteroatoms. The van der Waals surface area contributed by atoms with Crippen molar-refractivity contribution in [1.82, 2.24) is 20.0 Å². The first-order valence-corrected chi connectivity index (χ1v) is 8.10. The van der Waals surface area contributed by atoms with Gasteiger partial charge in [0.1, 0.15) is 0 Å². The number of nitrogens with zero attached hydrogens (tertiary/aromatic N) is 3. The van der Waals surface area contributed by atoms with Crippen molar-refractivity contribution in [1.29, 1.82) is 0 Å². The van der Waals surface area contributed by atoms with Crippen LogP contribution in [0.4, 0.5) is 4.79 Å². The third-order valence-electron chi connectivity index (χ3n) is 4.74. The monoisotopic (exact) mass is 308 g/mol. The number of amides is 2. The van der Waals surface area contributed by atoms with Crippen LogP contribution in [0.1, 0.15) is 36.7 Å². The normalized spacial score (nSPS) is 20.0. The van der Waals surface area contributed by atoms with E-state index < -0.39 is 0 Å². The van der Waals surface area contributed by atoms with Crippen molar-refractivity contribution < 1.29 is 9.90 Å². The zero-order chi connectivity index (χ0) is 16.3. The van der Waals surface area contributed by atoms with Gasteiger partial charge in [-0.3, -0.25) is 4.68 Å². The minimum Gasteiger partial charge on any atom is -0.393 e. The van der Waals surface area contributed by atoms with E-state index in [1.165, 1.54) is 5.56 Å². The molecule has 1 aromatic rings. The lowest BCUT2D eigenvalue weighted by atomic mass is 9.94. The Labute approximate surface area is 132 Å². The lowest BCUT2D eigenvalue weighted by Crippen LogP contribution is -2.47. The first kappa shape index (κ1) is 16.8. The number of carbonyl (C=O) groups is 1. The second kappa shape index (κ2) is 7.13. The topological polar surface area (TPSA) is 70.4 Å². The Morgan fingerprint density at radius 2 is 2.23 bits per heavy atom. The molecule has 0 aliphatic carbocycles. The summed E-state index contributed by atoms with van der Waals surface area (Å²) in [5.74, 6) is 0.197. The second-order valence-corrected chi connectivity index (χ2v) is 6.34.